The van der Waals surface area contributed by atoms with Gasteiger partial charge in [0, 0.05) is 12.7 Å². The number of rotatable bonds is 3. The molecule has 0 atom stereocenters. The topological polar surface area (TPSA) is 49.0 Å². The molecule has 1 aliphatic carbocycles. The Kier molecular flexibility index (Phi) is 3.87. The van der Waals surface area contributed by atoms with Crippen molar-refractivity contribution in [3.8, 4) is 0 Å². The first-order valence-electron chi connectivity index (χ1n) is 8.26. The van der Waals surface area contributed by atoms with Crippen LogP contribution in [0.5, 0.6) is 0 Å². The van der Waals surface area contributed by atoms with Crippen LogP contribution in [-0.4, -0.2) is 21.4 Å². The molecule has 4 rings (SSSR count). The summed E-state index contributed by atoms with van der Waals surface area (Å²) in [5.41, 5.74) is 4.71. The SMILES string of the molecule is O=c1[nH]c2ccccc2nc1CN1C=CC(C2=CC=CCC2)=CC1. The number of nitrogens with one attached hydrogen (secondary N) is 1. The van der Waals surface area contributed by atoms with E-state index >= 15 is 0 Å². The number of fused-ring (bicyclic) bond motifs is 1. The van der Waals surface area contributed by atoms with Crippen molar-refractivity contribution in [3.05, 3.63) is 88.0 Å². The van der Waals surface area contributed by atoms with Gasteiger partial charge >= 0.3 is 0 Å². The first-order valence-corrected chi connectivity index (χ1v) is 8.26. The van der Waals surface area contributed by atoms with Gasteiger partial charge in [-0.1, -0.05) is 36.4 Å². The average Bonchev–Trinajstić information content (AvgIpc) is 2.64. The number of para-hydroxylation sites is 2. The molecule has 1 N–H and O–H groups in total. The fourth-order valence-electron chi connectivity index (χ4n) is 3.10. The normalized spacial score (nSPS) is 17.1. The summed E-state index contributed by atoms with van der Waals surface area (Å²) in [5, 5.41) is 0. The Hall–Kier alpha value is -2.88. The second-order valence-corrected chi connectivity index (χ2v) is 6.09. The molecule has 0 saturated carbocycles. The highest BCUT2D eigenvalue weighted by Crippen LogP contribution is 2.23. The van der Waals surface area contributed by atoms with Crippen molar-refractivity contribution in [1.29, 1.82) is 0 Å². The molecule has 0 spiro atoms. The van der Waals surface area contributed by atoms with E-state index in [9.17, 15) is 4.79 Å². The third-order valence-electron chi connectivity index (χ3n) is 4.42. The van der Waals surface area contributed by atoms with Crippen LogP contribution in [0.4, 0.5) is 0 Å². The van der Waals surface area contributed by atoms with Crippen LogP contribution in [0.15, 0.2) is 76.8 Å². The summed E-state index contributed by atoms with van der Waals surface area (Å²) >= 11 is 0. The number of aromatic amines is 1. The number of hydrogen-bond acceptors (Lipinski definition) is 3. The van der Waals surface area contributed by atoms with E-state index in [1.807, 2.05) is 24.3 Å². The first kappa shape index (κ1) is 14.7. The van der Waals surface area contributed by atoms with Crippen molar-refractivity contribution in [2.45, 2.75) is 19.4 Å². The summed E-state index contributed by atoms with van der Waals surface area (Å²) in [6.07, 6.45) is 15.1. The van der Waals surface area contributed by atoms with Crippen molar-refractivity contribution >= 4 is 11.0 Å². The number of H-pyrrole nitrogens is 1. The van der Waals surface area contributed by atoms with Crippen LogP contribution < -0.4 is 5.56 Å². The Morgan fingerprint density at radius 1 is 1.25 bits per heavy atom. The molecule has 0 saturated heterocycles. The summed E-state index contributed by atoms with van der Waals surface area (Å²) in [7, 11) is 0. The van der Waals surface area contributed by atoms with Gasteiger partial charge in [0.05, 0.1) is 17.6 Å². The van der Waals surface area contributed by atoms with Crippen LogP contribution in [-0.2, 0) is 6.54 Å². The lowest BCUT2D eigenvalue weighted by atomic mass is 9.96. The van der Waals surface area contributed by atoms with Crippen LogP contribution in [0, 0.1) is 0 Å². The van der Waals surface area contributed by atoms with Crippen molar-refractivity contribution < 1.29 is 0 Å². The van der Waals surface area contributed by atoms with Crippen LogP contribution >= 0.6 is 0 Å². The second kappa shape index (κ2) is 6.32. The molecule has 1 aromatic carbocycles. The molecule has 1 aromatic heterocycles. The van der Waals surface area contributed by atoms with Crippen molar-refractivity contribution in [2.75, 3.05) is 6.54 Å². The zero-order valence-corrected chi connectivity index (χ0v) is 13.4. The minimum atomic E-state index is -0.114. The highest BCUT2D eigenvalue weighted by molar-refractivity contribution is 5.73. The zero-order chi connectivity index (χ0) is 16.4. The van der Waals surface area contributed by atoms with Gasteiger partial charge in [0.15, 0.2) is 0 Å². The summed E-state index contributed by atoms with van der Waals surface area (Å²) in [6, 6.07) is 7.62. The van der Waals surface area contributed by atoms with Crippen LogP contribution in [0.25, 0.3) is 11.0 Å². The van der Waals surface area contributed by atoms with Gasteiger partial charge in [-0.15, -0.1) is 0 Å². The minimum Gasteiger partial charge on any atom is -0.368 e. The molecular formula is C20H19N3O. The highest BCUT2D eigenvalue weighted by Gasteiger charge is 2.12. The van der Waals surface area contributed by atoms with Gasteiger partial charge in [-0.05, 0) is 42.2 Å². The van der Waals surface area contributed by atoms with Gasteiger partial charge in [0.25, 0.3) is 5.56 Å². The largest absolute Gasteiger partial charge is 0.368 e. The molecule has 4 heteroatoms. The predicted molar refractivity (Wildman–Crippen MR) is 96.5 cm³/mol. The second-order valence-electron chi connectivity index (χ2n) is 6.09. The summed E-state index contributed by atoms with van der Waals surface area (Å²) < 4.78 is 0. The molecule has 0 bridgehead atoms. The Morgan fingerprint density at radius 2 is 2.17 bits per heavy atom. The van der Waals surface area contributed by atoms with Gasteiger partial charge in [0.2, 0.25) is 0 Å². The molecule has 4 nitrogen and oxygen atoms in total. The minimum absolute atomic E-state index is 0.114. The quantitative estimate of drug-likeness (QED) is 0.943. The highest BCUT2D eigenvalue weighted by atomic mass is 16.1. The lowest BCUT2D eigenvalue weighted by Crippen LogP contribution is -2.26. The monoisotopic (exact) mass is 317 g/mol. The number of benzene rings is 1. The van der Waals surface area contributed by atoms with Crippen molar-refractivity contribution in [1.82, 2.24) is 14.9 Å². The van der Waals surface area contributed by atoms with E-state index in [-0.39, 0.29) is 5.56 Å². The maximum atomic E-state index is 12.2. The average molecular weight is 317 g/mol. The van der Waals surface area contributed by atoms with E-state index < -0.39 is 0 Å². The van der Waals surface area contributed by atoms with E-state index in [4.69, 9.17) is 0 Å². The molecule has 0 unspecified atom stereocenters. The number of aromatic nitrogens is 2. The lowest BCUT2D eigenvalue weighted by Gasteiger charge is -2.23. The summed E-state index contributed by atoms with van der Waals surface area (Å²) in [5.74, 6) is 0. The first-order chi connectivity index (χ1) is 11.8. The smallest absolute Gasteiger partial charge is 0.271 e. The van der Waals surface area contributed by atoms with E-state index in [1.54, 1.807) is 0 Å². The molecule has 2 heterocycles. The number of nitrogens with zero attached hydrogens (tertiary/aromatic N) is 2. The summed E-state index contributed by atoms with van der Waals surface area (Å²) in [6.45, 7) is 1.31. The van der Waals surface area contributed by atoms with Gasteiger partial charge in [-0.3, -0.25) is 4.79 Å². The molecule has 120 valence electrons. The van der Waals surface area contributed by atoms with E-state index in [0.29, 0.717) is 12.2 Å². The van der Waals surface area contributed by atoms with Gasteiger partial charge in [-0.25, -0.2) is 4.98 Å². The third-order valence-corrected chi connectivity index (χ3v) is 4.42. The van der Waals surface area contributed by atoms with Crippen LogP contribution in [0.1, 0.15) is 18.5 Å². The van der Waals surface area contributed by atoms with Crippen molar-refractivity contribution in [3.63, 3.8) is 0 Å². The van der Waals surface area contributed by atoms with Crippen molar-refractivity contribution in [2.24, 2.45) is 0 Å². The molecular weight excluding hydrogens is 298 g/mol. The molecule has 2 aliphatic rings. The Morgan fingerprint density at radius 3 is 2.96 bits per heavy atom. The standard InChI is InChI=1S/C20H19N3O/c24-20-19(21-17-8-4-5-9-18(17)22-20)14-23-12-10-16(11-13-23)15-6-2-1-3-7-15/h1-2,4-6,8-12H,3,7,13-14H2,(H,22,24). The van der Waals surface area contributed by atoms with Gasteiger partial charge in [-0.2, -0.15) is 0 Å². The Bertz CT molecular complexity index is 947. The Labute approximate surface area is 140 Å². The fraction of sp³-hybridized carbons (Fsp3) is 0.200. The van der Waals surface area contributed by atoms with Gasteiger partial charge in [0.1, 0.15) is 5.69 Å². The maximum Gasteiger partial charge on any atom is 0.271 e. The molecule has 0 amide bonds. The van der Waals surface area contributed by atoms with Crippen LogP contribution in [0.2, 0.25) is 0 Å². The zero-order valence-electron chi connectivity index (χ0n) is 13.4. The molecule has 1 aliphatic heterocycles. The maximum absolute atomic E-state index is 12.2. The molecule has 24 heavy (non-hydrogen) atoms. The predicted octanol–water partition coefficient (Wildman–Crippen LogP) is 3.46. The molecule has 2 aromatic rings. The molecule has 0 fully saturated rings. The van der Waals surface area contributed by atoms with E-state index in [2.05, 4.69) is 51.4 Å². The van der Waals surface area contributed by atoms with Crippen LogP contribution in [0.3, 0.4) is 0 Å². The summed E-state index contributed by atoms with van der Waals surface area (Å²) in [4.78, 5) is 21.7. The number of hydrogen-bond donors (Lipinski definition) is 1. The molecule has 0 radical (unpaired) electrons. The fourth-order valence-corrected chi connectivity index (χ4v) is 3.10. The van der Waals surface area contributed by atoms with E-state index in [0.717, 1.165) is 30.4 Å². The third kappa shape index (κ3) is 2.95. The number of allylic oxidation sites excluding steroid dienone is 6. The van der Waals surface area contributed by atoms with Gasteiger partial charge < -0.3 is 9.88 Å². The van der Waals surface area contributed by atoms with E-state index in [1.165, 1.54) is 11.1 Å². The Balaban J connectivity index is 1.51. The lowest BCUT2D eigenvalue weighted by molar-refractivity contribution is 0.396.